The standard InChI is InChI=1S/C23H22ClN5O2S/c1-4-15-6-5-7-19(14(15)2)28-23-18-10-16(8-9-20(18)26-13-27-23)17-11-21(22(24)25-12-17)29-32(3,30)31/h5-13,29H,4H2,1-3H3,(H,26,27,28). The average Bonchev–Trinajstić information content (AvgIpc) is 2.76. The Balaban J connectivity index is 1.78. The summed E-state index contributed by atoms with van der Waals surface area (Å²) in [6, 6.07) is 13.6. The van der Waals surface area contributed by atoms with Crippen LogP contribution in [0.2, 0.25) is 5.15 Å². The highest BCUT2D eigenvalue weighted by Crippen LogP contribution is 2.32. The van der Waals surface area contributed by atoms with Crippen molar-refractivity contribution in [1.82, 2.24) is 15.0 Å². The summed E-state index contributed by atoms with van der Waals surface area (Å²) in [4.78, 5) is 13.0. The number of nitrogens with zero attached hydrogens (tertiary/aromatic N) is 3. The largest absolute Gasteiger partial charge is 0.339 e. The van der Waals surface area contributed by atoms with Crippen LogP contribution in [0.25, 0.3) is 22.0 Å². The van der Waals surface area contributed by atoms with Gasteiger partial charge in [-0.1, -0.05) is 36.7 Å². The van der Waals surface area contributed by atoms with Crippen molar-refractivity contribution in [2.75, 3.05) is 16.3 Å². The first-order valence-electron chi connectivity index (χ1n) is 9.99. The van der Waals surface area contributed by atoms with Gasteiger partial charge in [0.25, 0.3) is 0 Å². The molecule has 0 aliphatic heterocycles. The summed E-state index contributed by atoms with van der Waals surface area (Å²) < 4.78 is 25.7. The molecule has 0 unspecified atom stereocenters. The zero-order valence-electron chi connectivity index (χ0n) is 17.8. The van der Waals surface area contributed by atoms with Crippen LogP contribution in [0.1, 0.15) is 18.1 Å². The first-order valence-corrected chi connectivity index (χ1v) is 12.3. The molecule has 0 aliphatic rings. The molecular weight excluding hydrogens is 446 g/mol. The van der Waals surface area contributed by atoms with Crippen molar-refractivity contribution in [3.05, 3.63) is 71.3 Å². The van der Waals surface area contributed by atoms with Crippen molar-refractivity contribution in [2.45, 2.75) is 20.3 Å². The number of hydrogen-bond donors (Lipinski definition) is 2. The Morgan fingerprint density at radius 2 is 1.81 bits per heavy atom. The maximum absolute atomic E-state index is 11.6. The Bertz CT molecular complexity index is 1420. The number of hydrogen-bond acceptors (Lipinski definition) is 6. The first-order chi connectivity index (χ1) is 15.2. The Labute approximate surface area is 192 Å². The number of benzene rings is 2. The maximum atomic E-state index is 11.6. The van der Waals surface area contributed by atoms with Gasteiger partial charge in [0.05, 0.1) is 17.5 Å². The van der Waals surface area contributed by atoms with E-state index in [9.17, 15) is 8.42 Å². The van der Waals surface area contributed by atoms with Gasteiger partial charge in [-0.05, 0) is 54.3 Å². The summed E-state index contributed by atoms with van der Waals surface area (Å²) in [6.07, 6.45) is 5.14. The molecule has 2 N–H and O–H groups in total. The molecule has 164 valence electrons. The van der Waals surface area contributed by atoms with Gasteiger partial charge in [0, 0.05) is 22.8 Å². The summed E-state index contributed by atoms with van der Waals surface area (Å²) in [7, 11) is -3.49. The highest BCUT2D eigenvalue weighted by atomic mass is 35.5. The lowest BCUT2D eigenvalue weighted by Crippen LogP contribution is -2.10. The number of anilines is 3. The molecule has 0 saturated heterocycles. The van der Waals surface area contributed by atoms with Crippen LogP contribution in [-0.4, -0.2) is 29.6 Å². The molecular formula is C23H22ClN5O2S. The molecule has 7 nitrogen and oxygen atoms in total. The van der Waals surface area contributed by atoms with Gasteiger partial charge < -0.3 is 5.32 Å². The van der Waals surface area contributed by atoms with Crippen molar-refractivity contribution in [3.8, 4) is 11.1 Å². The Morgan fingerprint density at radius 3 is 2.56 bits per heavy atom. The SMILES string of the molecule is CCc1cccc(Nc2ncnc3ccc(-c4cnc(Cl)c(NS(C)(=O)=O)c4)cc23)c1C. The van der Waals surface area contributed by atoms with E-state index < -0.39 is 10.0 Å². The van der Waals surface area contributed by atoms with Crippen molar-refractivity contribution in [2.24, 2.45) is 0 Å². The second kappa shape index (κ2) is 8.72. The van der Waals surface area contributed by atoms with Crippen LogP contribution in [0.15, 0.2) is 55.0 Å². The van der Waals surface area contributed by atoms with Gasteiger partial charge in [0.2, 0.25) is 10.0 Å². The monoisotopic (exact) mass is 467 g/mol. The van der Waals surface area contributed by atoms with E-state index in [1.807, 2.05) is 30.3 Å². The van der Waals surface area contributed by atoms with Crippen molar-refractivity contribution in [1.29, 1.82) is 0 Å². The summed E-state index contributed by atoms with van der Waals surface area (Å²) in [5.74, 6) is 0.685. The Morgan fingerprint density at radius 1 is 1.00 bits per heavy atom. The summed E-state index contributed by atoms with van der Waals surface area (Å²) in [6.45, 7) is 4.22. The quantitative estimate of drug-likeness (QED) is 0.372. The number of pyridine rings is 1. The summed E-state index contributed by atoms with van der Waals surface area (Å²) in [5, 5.41) is 4.35. The van der Waals surface area contributed by atoms with Gasteiger partial charge in [-0.15, -0.1) is 0 Å². The number of aryl methyl sites for hydroxylation is 1. The van der Waals surface area contributed by atoms with E-state index in [-0.39, 0.29) is 10.8 Å². The fraction of sp³-hybridized carbons (Fsp3) is 0.174. The average molecular weight is 468 g/mol. The van der Waals surface area contributed by atoms with E-state index in [0.29, 0.717) is 11.4 Å². The van der Waals surface area contributed by atoms with Crippen LogP contribution in [0.3, 0.4) is 0 Å². The number of fused-ring (bicyclic) bond motifs is 1. The van der Waals surface area contributed by atoms with Gasteiger partial charge in [-0.2, -0.15) is 0 Å². The van der Waals surface area contributed by atoms with Crippen LogP contribution in [0.4, 0.5) is 17.2 Å². The van der Waals surface area contributed by atoms with E-state index in [1.54, 1.807) is 12.3 Å². The number of halogens is 1. The fourth-order valence-corrected chi connectivity index (χ4v) is 4.30. The molecule has 0 saturated carbocycles. The topological polar surface area (TPSA) is 96.9 Å². The third-order valence-corrected chi connectivity index (χ3v) is 6.07. The van der Waals surface area contributed by atoms with Gasteiger partial charge in [-0.25, -0.2) is 23.4 Å². The molecule has 0 bridgehead atoms. The minimum atomic E-state index is -3.49. The molecule has 0 spiro atoms. The summed E-state index contributed by atoms with van der Waals surface area (Å²) >= 11 is 6.07. The lowest BCUT2D eigenvalue weighted by Gasteiger charge is -2.14. The van der Waals surface area contributed by atoms with E-state index >= 15 is 0 Å². The van der Waals surface area contributed by atoms with E-state index in [4.69, 9.17) is 11.6 Å². The number of sulfonamides is 1. The molecule has 0 aliphatic carbocycles. The normalized spacial score (nSPS) is 11.5. The maximum Gasteiger partial charge on any atom is 0.229 e. The molecule has 32 heavy (non-hydrogen) atoms. The van der Waals surface area contributed by atoms with Crippen molar-refractivity contribution in [3.63, 3.8) is 0 Å². The van der Waals surface area contributed by atoms with E-state index in [2.05, 4.69) is 44.9 Å². The van der Waals surface area contributed by atoms with Crippen LogP contribution in [0, 0.1) is 6.92 Å². The zero-order valence-corrected chi connectivity index (χ0v) is 19.4. The second-order valence-electron chi connectivity index (χ2n) is 7.46. The first kappa shape index (κ1) is 22.0. The minimum absolute atomic E-state index is 0.0805. The van der Waals surface area contributed by atoms with Gasteiger partial charge >= 0.3 is 0 Å². The highest BCUT2D eigenvalue weighted by Gasteiger charge is 2.12. The Kier molecular flexibility index (Phi) is 5.99. The second-order valence-corrected chi connectivity index (χ2v) is 9.57. The van der Waals surface area contributed by atoms with E-state index in [1.165, 1.54) is 17.5 Å². The number of rotatable bonds is 6. The van der Waals surface area contributed by atoms with Gasteiger partial charge in [0.1, 0.15) is 12.1 Å². The highest BCUT2D eigenvalue weighted by molar-refractivity contribution is 7.92. The molecule has 2 aromatic heterocycles. The summed E-state index contributed by atoms with van der Waals surface area (Å²) in [5.41, 5.74) is 5.98. The van der Waals surface area contributed by atoms with Gasteiger partial charge in [0.15, 0.2) is 5.15 Å². The lowest BCUT2D eigenvalue weighted by molar-refractivity contribution is 0.607. The molecule has 4 aromatic rings. The fourth-order valence-electron chi connectivity index (χ4n) is 3.54. The van der Waals surface area contributed by atoms with Crippen LogP contribution >= 0.6 is 11.6 Å². The van der Waals surface area contributed by atoms with Crippen molar-refractivity contribution >= 4 is 49.7 Å². The molecule has 4 rings (SSSR count). The smallest absolute Gasteiger partial charge is 0.229 e. The molecule has 0 atom stereocenters. The predicted octanol–water partition coefficient (Wildman–Crippen LogP) is 5.33. The van der Waals surface area contributed by atoms with Crippen LogP contribution in [0.5, 0.6) is 0 Å². The van der Waals surface area contributed by atoms with Crippen LogP contribution in [-0.2, 0) is 16.4 Å². The van der Waals surface area contributed by atoms with E-state index in [0.717, 1.165) is 34.8 Å². The molecule has 0 fully saturated rings. The predicted molar refractivity (Wildman–Crippen MR) is 130 cm³/mol. The number of aromatic nitrogens is 3. The molecule has 2 heterocycles. The molecule has 9 heteroatoms. The Hall–Kier alpha value is -3.23. The zero-order chi connectivity index (χ0) is 22.9. The molecule has 2 aromatic carbocycles. The third-order valence-electron chi connectivity index (χ3n) is 5.18. The van der Waals surface area contributed by atoms with Crippen molar-refractivity contribution < 1.29 is 8.42 Å². The number of nitrogens with one attached hydrogen (secondary N) is 2. The third kappa shape index (κ3) is 4.66. The minimum Gasteiger partial charge on any atom is -0.339 e. The van der Waals surface area contributed by atoms with Crippen LogP contribution < -0.4 is 10.0 Å². The molecule has 0 radical (unpaired) electrons. The lowest BCUT2D eigenvalue weighted by atomic mass is 10.0. The molecule has 0 amide bonds. The van der Waals surface area contributed by atoms with Gasteiger partial charge in [-0.3, -0.25) is 4.72 Å².